The van der Waals surface area contributed by atoms with Gasteiger partial charge in [0.15, 0.2) is 0 Å². The molecule has 0 atom stereocenters. The first-order chi connectivity index (χ1) is 16.9. The molecule has 7 heteroatoms. The number of aromatic nitrogens is 2. The second-order valence-corrected chi connectivity index (χ2v) is 10.8. The molecule has 0 saturated heterocycles. The van der Waals surface area contributed by atoms with Crippen molar-refractivity contribution in [3.8, 4) is 5.69 Å². The third kappa shape index (κ3) is 7.20. The van der Waals surface area contributed by atoms with Crippen LogP contribution in [0.25, 0.3) is 5.69 Å². The minimum atomic E-state index is -0.267. The summed E-state index contributed by atoms with van der Waals surface area (Å²) in [6.45, 7) is 15.2. The Labute approximate surface area is 214 Å². The maximum atomic E-state index is 13.2. The van der Waals surface area contributed by atoms with E-state index in [0.717, 1.165) is 28.1 Å². The summed E-state index contributed by atoms with van der Waals surface area (Å²) in [4.78, 5) is 27.7. The Balaban J connectivity index is 1.80. The van der Waals surface area contributed by atoms with E-state index in [2.05, 4.69) is 44.4 Å². The van der Waals surface area contributed by atoms with Gasteiger partial charge < -0.3 is 15.5 Å². The molecule has 0 aliphatic heterocycles. The molecule has 0 aliphatic rings. The zero-order valence-corrected chi connectivity index (χ0v) is 22.6. The largest absolute Gasteiger partial charge is 0.334 e. The molecule has 2 aromatic carbocycles. The summed E-state index contributed by atoms with van der Waals surface area (Å²) in [5, 5.41) is 10.8. The van der Waals surface area contributed by atoms with E-state index in [4.69, 9.17) is 5.10 Å². The van der Waals surface area contributed by atoms with Gasteiger partial charge in [-0.3, -0.25) is 4.79 Å². The Kier molecular flexibility index (Phi) is 8.56. The SMILES string of the molecule is Cc1ccc(-n2nc(C(C)(C)C)cc2NC(=O)CN(CC(C)C)C(=O)NCc2ccccc2)c(C)c1. The topological polar surface area (TPSA) is 79.3 Å². The molecule has 0 saturated carbocycles. The molecule has 3 amide bonds. The number of rotatable bonds is 8. The van der Waals surface area contributed by atoms with Gasteiger partial charge >= 0.3 is 6.03 Å². The molecule has 0 aliphatic carbocycles. The maximum Gasteiger partial charge on any atom is 0.318 e. The summed E-state index contributed by atoms with van der Waals surface area (Å²) in [5.41, 5.74) is 4.83. The summed E-state index contributed by atoms with van der Waals surface area (Å²) in [5.74, 6) is 0.538. The predicted molar refractivity (Wildman–Crippen MR) is 145 cm³/mol. The van der Waals surface area contributed by atoms with E-state index >= 15 is 0 Å². The lowest BCUT2D eigenvalue weighted by molar-refractivity contribution is -0.116. The molecule has 3 aromatic rings. The Hall–Kier alpha value is -3.61. The van der Waals surface area contributed by atoms with Crippen molar-refractivity contribution in [2.75, 3.05) is 18.4 Å². The molecule has 7 nitrogen and oxygen atoms in total. The number of carbonyl (C=O) groups excluding carboxylic acids is 2. The molecule has 1 heterocycles. The van der Waals surface area contributed by atoms with Gasteiger partial charge in [-0.2, -0.15) is 5.10 Å². The van der Waals surface area contributed by atoms with Crippen molar-refractivity contribution >= 4 is 17.8 Å². The van der Waals surface area contributed by atoms with Gasteiger partial charge in [-0.1, -0.05) is 82.6 Å². The third-order valence-corrected chi connectivity index (χ3v) is 5.82. The van der Waals surface area contributed by atoms with Crippen molar-refractivity contribution < 1.29 is 9.59 Å². The molecule has 0 unspecified atom stereocenters. The van der Waals surface area contributed by atoms with E-state index in [0.29, 0.717) is 18.9 Å². The highest BCUT2D eigenvalue weighted by Crippen LogP contribution is 2.27. The van der Waals surface area contributed by atoms with Gasteiger partial charge in [-0.05, 0) is 37.0 Å². The van der Waals surface area contributed by atoms with Crippen molar-refractivity contribution in [2.24, 2.45) is 5.92 Å². The Morgan fingerprint density at radius 1 is 1.03 bits per heavy atom. The lowest BCUT2D eigenvalue weighted by Gasteiger charge is -2.24. The quantitative estimate of drug-likeness (QED) is 0.433. The summed E-state index contributed by atoms with van der Waals surface area (Å²) < 4.78 is 1.79. The molecule has 0 bridgehead atoms. The van der Waals surface area contributed by atoms with Crippen molar-refractivity contribution in [1.29, 1.82) is 0 Å². The van der Waals surface area contributed by atoms with Crippen molar-refractivity contribution in [3.63, 3.8) is 0 Å². The second-order valence-electron chi connectivity index (χ2n) is 10.8. The number of carbonyl (C=O) groups is 2. The molecule has 3 rings (SSSR count). The number of nitrogens with one attached hydrogen (secondary N) is 2. The van der Waals surface area contributed by atoms with Gasteiger partial charge in [0.25, 0.3) is 0 Å². The number of anilines is 1. The van der Waals surface area contributed by atoms with E-state index in [1.54, 1.807) is 9.58 Å². The van der Waals surface area contributed by atoms with E-state index in [1.807, 2.05) is 69.3 Å². The van der Waals surface area contributed by atoms with E-state index in [-0.39, 0.29) is 29.8 Å². The molecule has 0 fully saturated rings. The average molecular weight is 490 g/mol. The summed E-state index contributed by atoms with van der Waals surface area (Å²) in [7, 11) is 0. The van der Waals surface area contributed by atoms with Crippen LogP contribution in [0.5, 0.6) is 0 Å². The smallest absolute Gasteiger partial charge is 0.318 e. The van der Waals surface area contributed by atoms with Crippen LogP contribution >= 0.6 is 0 Å². The molecular weight excluding hydrogens is 450 g/mol. The lowest BCUT2D eigenvalue weighted by Crippen LogP contribution is -2.45. The van der Waals surface area contributed by atoms with Gasteiger partial charge in [0.1, 0.15) is 12.4 Å². The maximum absolute atomic E-state index is 13.2. The molecule has 2 N–H and O–H groups in total. The molecule has 192 valence electrons. The Morgan fingerprint density at radius 3 is 2.33 bits per heavy atom. The van der Waals surface area contributed by atoms with Gasteiger partial charge in [0, 0.05) is 24.6 Å². The highest BCUT2D eigenvalue weighted by Gasteiger charge is 2.24. The first-order valence-electron chi connectivity index (χ1n) is 12.5. The number of hydrogen-bond acceptors (Lipinski definition) is 3. The van der Waals surface area contributed by atoms with Gasteiger partial charge in [-0.15, -0.1) is 0 Å². The van der Waals surface area contributed by atoms with Crippen LogP contribution in [-0.4, -0.2) is 39.7 Å². The van der Waals surface area contributed by atoms with Crippen LogP contribution < -0.4 is 10.6 Å². The van der Waals surface area contributed by atoms with Gasteiger partial charge in [-0.25, -0.2) is 9.48 Å². The Morgan fingerprint density at radius 2 is 1.72 bits per heavy atom. The fraction of sp³-hybridized carbons (Fsp3) is 0.414. The van der Waals surface area contributed by atoms with Gasteiger partial charge in [0.05, 0.1) is 11.4 Å². The molecular formula is C29H39N5O2. The first kappa shape index (κ1) is 27.0. The second kappa shape index (κ2) is 11.4. The summed E-state index contributed by atoms with van der Waals surface area (Å²) >= 11 is 0. The number of benzene rings is 2. The fourth-order valence-electron chi connectivity index (χ4n) is 3.96. The molecule has 1 aromatic heterocycles. The van der Waals surface area contributed by atoms with Crippen LogP contribution in [0.15, 0.2) is 54.6 Å². The van der Waals surface area contributed by atoms with E-state index in [9.17, 15) is 9.59 Å². The fourth-order valence-corrected chi connectivity index (χ4v) is 3.96. The number of nitrogens with zero attached hydrogens (tertiary/aromatic N) is 3. The number of hydrogen-bond donors (Lipinski definition) is 2. The predicted octanol–water partition coefficient (Wildman–Crippen LogP) is 5.59. The normalized spacial score (nSPS) is 11.4. The van der Waals surface area contributed by atoms with Crippen LogP contribution in [0.3, 0.4) is 0 Å². The molecule has 0 spiro atoms. The number of urea groups is 1. The van der Waals surface area contributed by atoms with E-state index in [1.165, 1.54) is 0 Å². The zero-order chi connectivity index (χ0) is 26.5. The van der Waals surface area contributed by atoms with Crippen LogP contribution in [-0.2, 0) is 16.8 Å². The number of aryl methyl sites for hydroxylation is 2. The monoisotopic (exact) mass is 489 g/mol. The van der Waals surface area contributed by atoms with Crippen molar-refractivity contribution in [3.05, 3.63) is 77.0 Å². The standard InChI is InChI=1S/C29H39N5O2/c1-20(2)18-33(28(36)30-17-23-11-9-8-10-12-23)19-27(35)31-26-16-25(29(5,6)7)32-34(26)24-14-13-21(3)15-22(24)4/h8-16,20H,17-19H2,1-7H3,(H,30,36)(H,31,35). The van der Waals surface area contributed by atoms with Crippen molar-refractivity contribution in [1.82, 2.24) is 20.0 Å². The van der Waals surface area contributed by atoms with Crippen LogP contribution in [0.1, 0.15) is 57.0 Å². The first-order valence-corrected chi connectivity index (χ1v) is 12.5. The lowest BCUT2D eigenvalue weighted by atomic mass is 9.92. The van der Waals surface area contributed by atoms with Crippen LogP contribution in [0.4, 0.5) is 10.6 Å². The van der Waals surface area contributed by atoms with Crippen LogP contribution in [0.2, 0.25) is 0 Å². The van der Waals surface area contributed by atoms with E-state index < -0.39 is 0 Å². The number of amides is 3. The Bertz CT molecular complexity index is 1190. The summed E-state index contributed by atoms with van der Waals surface area (Å²) in [6.07, 6.45) is 0. The van der Waals surface area contributed by atoms with Crippen LogP contribution in [0, 0.1) is 19.8 Å². The zero-order valence-electron chi connectivity index (χ0n) is 22.6. The average Bonchev–Trinajstić information content (AvgIpc) is 3.21. The molecule has 36 heavy (non-hydrogen) atoms. The van der Waals surface area contributed by atoms with Gasteiger partial charge in [0.2, 0.25) is 5.91 Å². The molecule has 0 radical (unpaired) electrons. The van der Waals surface area contributed by atoms with Crippen molar-refractivity contribution in [2.45, 2.75) is 60.4 Å². The minimum absolute atomic E-state index is 0.0539. The highest BCUT2D eigenvalue weighted by atomic mass is 16.2. The minimum Gasteiger partial charge on any atom is -0.334 e. The third-order valence-electron chi connectivity index (χ3n) is 5.82. The highest BCUT2D eigenvalue weighted by molar-refractivity contribution is 5.94. The summed E-state index contributed by atoms with van der Waals surface area (Å²) in [6, 6.07) is 17.5.